The minimum absolute atomic E-state index is 0.248. The van der Waals surface area contributed by atoms with Crippen molar-refractivity contribution >= 4 is 17.9 Å². The van der Waals surface area contributed by atoms with Gasteiger partial charge in [-0.2, -0.15) is 0 Å². The van der Waals surface area contributed by atoms with Crippen LogP contribution in [-0.4, -0.2) is 6.29 Å². The molecule has 80 valence electrons. The van der Waals surface area contributed by atoms with Gasteiger partial charge in [-0.15, -0.1) is 0 Å². The maximum atomic E-state index is 11.0. The summed E-state index contributed by atoms with van der Waals surface area (Å²) in [6, 6.07) is 6.02. The summed E-state index contributed by atoms with van der Waals surface area (Å²) < 4.78 is 0. The molecular weight excluding hydrogens is 208 g/mol. The molecule has 0 spiro atoms. The van der Waals surface area contributed by atoms with Crippen molar-refractivity contribution in [3.05, 3.63) is 34.3 Å². The number of aldehydes is 1. The molecule has 0 N–H and O–H groups in total. The van der Waals surface area contributed by atoms with E-state index in [1.54, 1.807) is 0 Å². The SMILES string of the molecule is CC(C)(C=O)C1Cc2cccc(Cl)c2C1. The largest absolute Gasteiger partial charge is 0.303 e. The molecule has 0 heterocycles. The molecule has 0 fully saturated rings. The lowest BCUT2D eigenvalue weighted by Gasteiger charge is -2.24. The number of halogens is 1. The van der Waals surface area contributed by atoms with Gasteiger partial charge in [0.1, 0.15) is 6.29 Å². The van der Waals surface area contributed by atoms with Gasteiger partial charge < -0.3 is 4.79 Å². The highest BCUT2D eigenvalue weighted by atomic mass is 35.5. The van der Waals surface area contributed by atoms with E-state index in [1.807, 2.05) is 26.0 Å². The molecule has 0 aliphatic heterocycles. The molecular formula is C13H15ClO. The van der Waals surface area contributed by atoms with E-state index in [-0.39, 0.29) is 5.41 Å². The molecule has 1 nitrogen and oxygen atoms in total. The molecule has 0 amide bonds. The molecule has 1 aliphatic rings. The second kappa shape index (κ2) is 3.64. The first-order valence-electron chi connectivity index (χ1n) is 5.27. The van der Waals surface area contributed by atoms with Crippen molar-refractivity contribution in [2.45, 2.75) is 26.7 Å². The molecule has 0 aromatic heterocycles. The molecule has 1 unspecified atom stereocenters. The zero-order chi connectivity index (χ0) is 11.1. The fourth-order valence-corrected chi connectivity index (χ4v) is 2.50. The van der Waals surface area contributed by atoms with Gasteiger partial charge in [0.25, 0.3) is 0 Å². The number of hydrogen-bond acceptors (Lipinski definition) is 1. The Kier molecular flexibility index (Phi) is 2.59. The number of carbonyl (C=O) groups excluding carboxylic acids is 1. The highest BCUT2D eigenvalue weighted by molar-refractivity contribution is 6.31. The summed E-state index contributed by atoms with van der Waals surface area (Å²) in [4.78, 5) is 11.0. The Morgan fingerprint density at radius 2 is 2.13 bits per heavy atom. The highest BCUT2D eigenvalue weighted by Gasteiger charge is 2.34. The van der Waals surface area contributed by atoms with Crippen molar-refractivity contribution in [3.8, 4) is 0 Å². The monoisotopic (exact) mass is 222 g/mol. The van der Waals surface area contributed by atoms with E-state index in [9.17, 15) is 4.79 Å². The van der Waals surface area contributed by atoms with Gasteiger partial charge in [-0.1, -0.05) is 37.6 Å². The molecule has 0 saturated heterocycles. The number of fused-ring (bicyclic) bond motifs is 1. The zero-order valence-electron chi connectivity index (χ0n) is 9.09. The van der Waals surface area contributed by atoms with Crippen LogP contribution in [0.2, 0.25) is 5.02 Å². The van der Waals surface area contributed by atoms with Crippen LogP contribution < -0.4 is 0 Å². The Morgan fingerprint density at radius 1 is 1.40 bits per heavy atom. The maximum Gasteiger partial charge on any atom is 0.125 e. The van der Waals surface area contributed by atoms with Crippen LogP contribution in [0.1, 0.15) is 25.0 Å². The Hall–Kier alpha value is -0.820. The van der Waals surface area contributed by atoms with Crippen LogP contribution >= 0.6 is 11.6 Å². The number of benzene rings is 1. The Balaban J connectivity index is 2.30. The van der Waals surface area contributed by atoms with Crippen LogP contribution in [-0.2, 0) is 17.6 Å². The lowest BCUT2D eigenvalue weighted by atomic mass is 9.78. The predicted octanol–water partition coefficient (Wildman–Crippen LogP) is 3.28. The summed E-state index contributed by atoms with van der Waals surface area (Å²) >= 11 is 6.14. The van der Waals surface area contributed by atoms with Crippen LogP contribution in [0.3, 0.4) is 0 Å². The van der Waals surface area contributed by atoms with Crippen LogP contribution in [0.4, 0.5) is 0 Å². The zero-order valence-corrected chi connectivity index (χ0v) is 9.84. The molecule has 15 heavy (non-hydrogen) atoms. The van der Waals surface area contributed by atoms with Crippen molar-refractivity contribution in [3.63, 3.8) is 0 Å². The molecule has 0 saturated carbocycles. The van der Waals surface area contributed by atoms with Gasteiger partial charge in [-0.05, 0) is 36.0 Å². The van der Waals surface area contributed by atoms with Crippen molar-refractivity contribution in [2.75, 3.05) is 0 Å². The third-order valence-electron chi connectivity index (χ3n) is 3.49. The summed E-state index contributed by atoms with van der Waals surface area (Å²) in [7, 11) is 0. The number of rotatable bonds is 2. The van der Waals surface area contributed by atoms with Crippen molar-refractivity contribution < 1.29 is 4.79 Å². The third kappa shape index (κ3) is 1.81. The van der Waals surface area contributed by atoms with E-state index in [0.717, 1.165) is 24.2 Å². The van der Waals surface area contributed by atoms with Gasteiger partial charge in [0.05, 0.1) is 0 Å². The first-order chi connectivity index (χ1) is 7.04. The van der Waals surface area contributed by atoms with Gasteiger partial charge in [0.15, 0.2) is 0 Å². The van der Waals surface area contributed by atoms with Crippen molar-refractivity contribution in [1.29, 1.82) is 0 Å². The van der Waals surface area contributed by atoms with E-state index in [1.165, 1.54) is 11.1 Å². The van der Waals surface area contributed by atoms with E-state index in [2.05, 4.69) is 6.07 Å². The summed E-state index contributed by atoms with van der Waals surface area (Å²) in [5.41, 5.74) is 2.30. The molecule has 0 bridgehead atoms. The first-order valence-corrected chi connectivity index (χ1v) is 5.65. The minimum atomic E-state index is -0.248. The summed E-state index contributed by atoms with van der Waals surface area (Å²) in [5, 5.41) is 0.844. The highest BCUT2D eigenvalue weighted by Crippen LogP contribution is 2.39. The summed E-state index contributed by atoms with van der Waals surface area (Å²) in [6.45, 7) is 4.01. The van der Waals surface area contributed by atoms with Crippen LogP contribution in [0.15, 0.2) is 18.2 Å². The molecule has 1 aromatic carbocycles. The average Bonchev–Trinajstić information content (AvgIpc) is 2.64. The summed E-state index contributed by atoms with van der Waals surface area (Å²) in [6.07, 6.45) is 2.97. The van der Waals surface area contributed by atoms with E-state index in [4.69, 9.17) is 11.6 Å². The van der Waals surface area contributed by atoms with Gasteiger partial charge in [0, 0.05) is 10.4 Å². The van der Waals surface area contributed by atoms with Gasteiger partial charge in [-0.3, -0.25) is 0 Å². The molecule has 2 heteroatoms. The lowest BCUT2D eigenvalue weighted by molar-refractivity contribution is -0.116. The first kappa shape index (κ1) is 10.7. The van der Waals surface area contributed by atoms with Gasteiger partial charge in [0.2, 0.25) is 0 Å². The van der Waals surface area contributed by atoms with E-state index < -0.39 is 0 Å². The van der Waals surface area contributed by atoms with E-state index in [0.29, 0.717) is 5.92 Å². The number of hydrogen-bond donors (Lipinski definition) is 0. The maximum absolute atomic E-state index is 11.0. The quantitative estimate of drug-likeness (QED) is 0.702. The van der Waals surface area contributed by atoms with Crippen LogP contribution in [0, 0.1) is 11.3 Å². The minimum Gasteiger partial charge on any atom is -0.303 e. The Bertz CT molecular complexity index is 396. The molecule has 1 aromatic rings. The molecule has 2 rings (SSSR count). The topological polar surface area (TPSA) is 17.1 Å². The van der Waals surface area contributed by atoms with Crippen molar-refractivity contribution in [2.24, 2.45) is 11.3 Å². The van der Waals surface area contributed by atoms with E-state index >= 15 is 0 Å². The Morgan fingerprint density at radius 3 is 2.73 bits per heavy atom. The lowest BCUT2D eigenvalue weighted by Crippen LogP contribution is -2.25. The van der Waals surface area contributed by atoms with Crippen LogP contribution in [0.5, 0.6) is 0 Å². The average molecular weight is 223 g/mol. The molecule has 1 aliphatic carbocycles. The Labute approximate surface area is 95.4 Å². The molecule has 0 radical (unpaired) electrons. The second-order valence-electron chi connectivity index (χ2n) is 4.92. The van der Waals surface area contributed by atoms with Gasteiger partial charge in [-0.25, -0.2) is 0 Å². The van der Waals surface area contributed by atoms with Crippen molar-refractivity contribution in [1.82, 2.24) is 0 Å². The molecule has 1 atom stereocenters. The standard InChI is InChI=1S/C13H15ClO/c1-13(2,8-15)10-6-9-4-3-5-12(14)11(9)7-10/h3-5,8,10H,6-7H2,1-2H3. The second-order valence-corrected chi connectivity index (χ2v) is 5.33. The van der Waals surface area contributed by atoms with Gasteiger partial charge >= 0.3 is 0 Å². The fraction of sp³-hybridized carbons (Fsp3) is 0.462. The predicted molar refractivity (Wildman–Crippen MR) is 62.2 cm³/mol. The smallest absolute Gasteiger partial charge is 0.125 e. The van der Waals surface area contributed by atoms with Crippen LogP contribution in [0.25, 0.3) is 0 Å². The number of carbonyl (C=O) groups is 1. The third-order valence-corrected chi connectivity index (χ3v) is 3.84. The summed E-state index contributed by atoms with van der Waals surface area (Å²) in [5.74, 6) is 0.393. The fourth-order valence-electron chi connectivity index (χ4n) is 2.23. The normalized spacial score (nSPS) is 20.1.